The smallest absolute Gasteiger partial charge is 0.417 e. The summed E-state index contributed by atoms with van der Waals surface area (Å²) in [6.45, 7) is 0. The molecule has 21 heavy (non-hydrogen) atoms. The second-order valence-electron chi connectivity index (χ2n) is 4.96. The largest absolute Gasteiger partial charge is 0.451 e. The maximum Gasteiger partial charge on any atom is 0.417 e. The normalized spacial score (nSPS) is 26.5. The predicted octanol–water partition coefficient (Wildman–Crippen LogP) is 2.26. The van der Waals surface area contributed by atoms with E-state index in [-0.39, 0.29) is 5.56 Å². The quantitative estimate of drug-likeness (QED) is 0.851. The van der Waals surface area contributed by atoms with Crippen molar-refractivity contribution in [2.45, 2.75) is 37.1 Å². The molecule has 0 aliphatic heterocycles. The molecule has 0 heterocycles. The zero-order chi connectivity index (χ0) is 15.7. The number of ether oxygens (including phenoxy) is 1. The van der Waals surface area contributed by atoms with Crippen LogP contribution in [-0.2, 0) is 9.53 Å². The van der Waals surface area contributed by atoms with E-state index in [1.54, 1.807) is 18.2 Å². The monoisotopic (exact) mass is 302 g/mol. The molecule has 0 amide bonds. The van der Waals surface area contributed by atoms with Crippen LogP contribution in [0.15, 0.2) is 30.3 Å². The highest BCUT2D eigenvalue weighted by molar-refractivity contribution is 5.93. The highest BCUT2D eigenvalue weighted by Crippen LogP contribution is 2.41. The van der Waals surface area contributed by atoms with Crippen molar-refractivity contribution in [2.24, 2.45) is 0 Å². The molecule has 1 aliphatic carbocycles. The SMILES string of the molecule is O=C(OC1CC(O)(C(F)(F)F)CCC1=O)c1ccccc1. The molecule has 1 aromatic rings. The molecule has 0 spiro atoms. The van der Waals surface area contributed by atoms with Crippen molar-refractivity contribution in [3.8, 4) is 0 Å². The van der Waals surface area contributed by atoms with Gasteiger partial charge in [0.1, 0.15) is 0 Å². The fourth-order valence-electron chi connectivity index (χ4n) is 2.15. The molecule has 0 aromatic heterocycles. The minimum atomic E-state index is -4.87. The van der Waals surface area contributed by atoms with Gasteiger partial charge in [0, 0.05) is 12.8 Å². The number of aliphatic hydroxyl groups is 1. The molecule has 1 N–H and O–H groups in total. The molecule has 114 valence electrons. The van der Waals surface area contributed by atoms with E-state index in [9.17, 15) is 27.9 Å². The Labute approximate surface area is 118 Å². The lowest BCUT2D eigenvalue weighted by Crippen LogP contribution is -2.53. The molecular weight excluding hydrogens is 289 g/mol. The third-order valence-corrected chi connectivity index (χ3v) is 3.45. The van der Waals surface area contributed by atoms with E-state index in [1.165, 1.54) is 12.1 Å². The minimum absolute atomic E-state index is 0.131. The Balaban J connectivity index is 2.12. The Hall–Kier alpha value is -1.89. The number of ketones is 1. The first-order chi connectivity index (χ1) is 9.73. The number of halogens is 3. The standard InChI is InChI=1S/C14H13F3O4/c15-14(16,17)13(20)7-6-10(18)11(8-13)21-12(19)9-4-2-1-3-5-9/h1-5,11,20H,6-8H2. The van der Waals surface area contributed by atoms with Crippen molar-refractivity contribution in [3.05, 3.63) is 35.9 Å². The van der Waals surface area contributed by atoms with Gasteiger partial charge in [-0.15, -0.1) is 0 Å². The van der Waals surface area contributed by atoms with Gasteiger partial charge < -0.3 is 9.84 Å². The van der Waals surface area contributed by atoms with Crippen LogP contribution in [0.2, 0.25) is 0 Å². The maximum atomic E-state index is 12.8. The van der Waals surface area contributed by atoms with Crippen LogP contribution in [-0.4, -0.2) is 34.7 Å². The fraction of sp³-hybridized carbons (Fsp3) is 0.429. The van der Waals surface area contributed by atoms with Gasteiger partial charge in [0.05, 0.1) is 5.56 Å². The molecule has 4 nitrogen and oxygen atoms in total. The summed E-state index contributed by atoms with van der Waals surface area (Å²) in [4.78, 5) is 23.4. The summed E-state index contributed by atoms with van der Waals surface area (Å²) in [5.41, 5.74) is -2.87. The third kappa shape index (κ3) is 3.24. The lowest BCUT2D eigenvalue weighted by molar-refractivity contribution is -0.273. The summed E-state index contributed by atoms with van der Waals surface area (Å²) in [5.74, 6) is -1.51. The predicted molar refractivity (Wildman–Crippen MR) is 65.5 cm³/mol. The van der Waals surface area contributed by atoms with Crippen molar-refractivity contribution in [2.75, 3.05) is 0 Å². The summed E-state index contributed by atoms with van der Waals surface area (Å²) in [6.07, 6.45) is -8.62. The van der Waals surface area contributed by atoms with E-state index in [1.807, 2.05) is 0 Å². The van der Waals surface area contributed by atoms with E-state index in [0.717, 1.165) is 0 Å². The fourth-order valence-corrected chi connectivity index (χ4v) is 2.15. The molecule has 1 aromatic carbocycles. The van der Waals surface area contributed by atoms with E-state index >= 15 is 0 Å². The number of esters is 1. The van der Waals surface area contributed by atoms with Gasteiger partial charge >= 0.3 is 12.1 Å². The lowest BCUT2D eigenvalue weighted by atomic mass is 9.81. The zero-order valence-corrected chi connectivity index (χ0v) is 10.9. The molecular formula is C14H13F3O4. The number of rotatable bonds is 2. The molecule has 1 fully saturated rings. The summed E-state index contributed by atoms with van der Waals surface area (Å²) in [5, 5.41) is 9.61. The van der Waals surface area contributed by atoms with Gasteiger partial charge in [-0.25, -0.2) is 4.79 Å². The highest BCUT2D eigenvalue weighted by atomic mass is 19.4. The molecule has 0 bridgehead atoms. The molecule has 0 radical (unpaired) electrons. The van der Waals surface area contributed by atoms with E-state index in [4.69, 9.17) is 4.74 Å². The second-order valence-corrected chi connectivity index (χ2v) is 4.96. The van der Waals surface area contributed by atoms with E-state index < -0.39 is 48.9 Å². The molecule has 2 atom stereocenters. The Kier molecular flexibility index (Phi) is 4.04. The number of Topliss-reactive ketones (excluding diaryl/α,β-unsaturated/α-hetero) is 1. The number of carbonyl (C=O) groups is 2. The average Bonchev–Trinajstić information content (AvgIpc) is 2.43. The molecule has 1 aliphatic rings. The van der Waals surface area contributed by atoms with Gasteiger partial charge in [0.2, 0.25) is 0 Å². The first-order valence-corrected chi connectivity index (χ1v) is 6.31. The number of benzene rings is 1. The average molecular weight is 302 g/mol. The number of alkyl halides is 3. The summed E-state index contributed by atoms with van der Waals surface area (Å²) >= 11 is 0. The van der Waals surface area contributed by atoms with Crippen LogP contribution in [0.25, 0.3) is 0 Å². The van der Waals surface area contributed by atoms with Gasteiger partial charge in [-0.05, 0) is 18.6 Å². The number of hydrogen-bond donors (Lipinski definition) is 1. The maximum absolute atomic E-state index is 12.8. The molecule has 0 saturated heterocycles. The number of carbonyl (C=O) groups excluding carboxylic acids is 2. The van der Waals surface area contributed by atoms with E-state index in [0.29, 0.717) is 0 Å². The van der Waals surface area contributed by atoms with Crippen LogP contribution in [0, 0.1) is 0 Å². The second kappa shape index (κ2) is 5.48. The Bertz CT molecular complexity index is 541. The van der Waals surface area contributed by atoms with Crippen LogP contribution >= 0.6 is 0 Å². The van der Waals surface area contributed by atoms with Crippen molar-refractivity contribution >= 4 is 11.8 Å². The van der Waals surface area contributed by atoms with Gasteiger partial charge in [-0.3, -0.25) is 4.79 Å². The topological polar surface area (TPSA) is 63.6 Å². The molecule has 1 saturated carbocycles. The van der Waals surface area contributed by atoms with E-state index in [2.05, 4.69) is 0 Å². The van der Waals surface area contributed by atoms with Gasteiger partial charge in [-0.1, -0.05) is 18.2 Å². The highest BCUT2D eigenvalue weighted by Gasteiger charge is 2.57. The molecule has 2 unspecified atom stereocenters. The summed E-state index contributed by atoms with van der Waals surface area (Å²) in [6, 6.07) is 7.62. The molecule has 2 rings (SSSR count). The van der Waals surface area contributed by atoms with Crippen LogP contribution in [0.3, 0.4) is 0 Å². The zero-order valence-electron chi connectivity index (χ0n) is 10.9. The number of hydrogen-bond acceptors (Lipinski definition) is 4. The Morgan fingerprint density at radius 3 is 2.48 bits per heavy atom. The van der Waals surface area contributed by atoms with Gasteiger partial charge in [0.15, 0.2) is 17.5 Å². The van der Waals surface area contributed by atoms with Crippen molar-refractivity contribution in [1.82, 2.24) is 0 Å². The third-order valence-electron chi connectivity index (χ3n) is 3.45. The Morgan fingerprint density at radius 2 is 1.90 bits per heavy atom. The first-order valence-electron chi connectivity index (χ1n) is 6.31. The molecule has 7 heteroatoms. The van der Waals surface area contributed by atoms with Gasteiger partial charge in [-0.2, -0.15) is 13.2 Å². The van der Waals surface area contributed by atoms with Crippen molar-refractivity contribution in [1.29, 1.82) is 0 Å². The van der Waals surface area contributed by atoms with Crippen LogP contribution in [0.4, 0.5) is 13.2 Å². The summed E-state index contributed by atoms with van der Waals surface area (Å²) < 4.78 is 43.2. The summed E-state index contributed by atoms with van der Waals surface area (Å²) in [7, 11) is 0. The van der Waals surface area contributed by atoms with Gasteiger partial charge in [0.25, 0.3) is 0 Å². The first kappa shape index (κ1) is 15.5. The van der Waals surface area contributed by atoms with Crippen LogP contribution in [0.5, 0.6) is 0 Å². The Morgan fingerprint density at radius 1 is 1.29 bits per heavy atom. The van der Waals surface area contributed by atoms with Crippen LogP contribution < -0.4 is 0 Å². The van der Waals surface area contributed by atoms with Crippen molar-refractivity contribution in [3.63, 3.8) is 0 Å². The van der Waals surface area contributed by atoms with Crippen LogP contribution in [0.1, 0.15) is 29.6 Å². The minimum Gasteiger partial charge on any atom is -0.451 e. The van der Waals surface area contributed by atoms with Crippen molar-refractivity contribution < 1.29 is 32.6 Å². The lowest BCUT2D eigenvalue weighted by Gasteiger charge is -2.36.